The number of para-hydroxylation sites is 1. The standard InChI is InChI=1S/C21H20N2O3/c1-25-18-11-10-13(12-19(18)26-2)22-21(24)20-14-6-3-4-8-16(14)23-17-9-5-7-15(17)20/h3-4,6,8,10-12H,5,7,9H2,1-2H3,(H,22,24). The predicted molar refractivity (Wildman–Crippen MR) is 101 cm³/mol. The number of hydrogen-bond acceptors (Lipinski definition) is 4. The maximum atomic E-state index is 13.1. The number of anilines is 1. The number of nitrogens with one attached hydrogen (secondary N) is 1. The summed E-state index contributed by atoms with van der Waals surface area (Å²) in [6.45, 7) is 0. The van der Waals surface area contributed by atoms with Crippen LogP contribution in [0.2, 0.25) is 0 Å². The average Bonchev–Trinajstić information content (AvgIpc) is 3.13. The summed E-state index contributed by atoms with van der Waals surface area (Å²) < 4.78 is 10.6. The molecule has 0 radical (unpaired) electrons. The van der Waals surface area contributed by atoms with Crippen LogP contribution in [-0.2, 0) is 12.8 Å². The van der Waals surface area contributed by atoms with E-state index < -0.39 is 0 Å². The summed E-state index contributed by atoms with van der Waals surface area (Å²) in [5.74, 6) is 1.09. The summed E-state index contributed by atoms with van der Waals surface area (Å²) in [6.07, 6.45) is 2.86. The Kier molecular flexibility index (Phi) is 4.21. The van der Waals surface area contributed by atoms with E-state index in [4.69, 9.17) is 14.5 Å². The first kappa shape index (κ1) is 16.4. The lowest BCUT2D eigenvalue weighted by Crippen LogP contribution is -2.15. The zero-order chi connectivity index (χ0) is 18.1. The molecule has 0 spiro atoms. The second-order valence-corrected chi connectivity index (χ2v) is 6.31. The van der Waals surface area contributed by atoms with Gasteiger partial charge in [0.2, 0.25) is 0 Å². The van der Waals surface area contributed by atoms with Gasteiger partial charge in [-0.25, -0.2) is 0 Å². The van der Waals surface area contributed by atoms with Crippen molar-refractivity contribution < 1.29 is 14.3 Å². The Bertz CT molecular complexity index is 998. The summed E-state index contributed by atoms with van der Waals surface area (Å²) >= 11 is 0. The molecule has 1 heterocycles. The van der Waals surface area contributed by atoms with Gasteiger partial charge in [0.15, 0.2) is 11.5 Å². The van der Waals surface area contributed by atoms with E-state index >= 15 is 0 Å². The first-order chi connectivity index (χ1) is 12.7. The molecule has 1 aromatic heterocycles. The van der Waals surface area contributed by atoms with E-state index in [0.717, 1.165) is 47.0 Å². The molecule has 1 N–H and O–H groups in total. The van der Waals surface area contributed by atoms with E-state index in [2.05, 4.69) is 5.32 Å². The van der Waals surface area contributed by atoms with Crippen LogP contribution in [0.25, 0.3) is 10.9 Å². The van der Waals surface area contributed by atoms with E-state index in [1.807, 2.05) is 30.3 Å². The summed E-state index contributed by atoms with van der Waals surface area (Å²) in [5, 5.41) is 3.90. The molecule has 132 valence electrons. The lowest BCUT2D eigenvalue weighted by Gasteiger charge is -2.14. The highest BCUT2D eigenvalue weighted by Crippen LogP contribution is 2.32. The first-order valence-electron chi connectivity index (χ1n) is 8.65. The molecule has 4 rings (SSSR count). The van der Waals surface area contributed by atoms with Crippen LogP contribution >= 0.6 is 0 Å². The highest BCUT2D eigenvalue weighted by Gasteiger charge is 2.24. The number of hydrogen-bond donors (Lipinski definition) is 1. The average molecular weight is 348 g/mol. The number of ether oxygens (including phenoxy) is 2. The number of aryl methyl sites for hydroxylation is 1. The van der Waals surface area contributed by atoms with Crippen LogP contribution in [0.1, 0.15) is 28.0 Å². The predicted octanol–water partition coefficient (Wildman–Crippen LogP) is 3.99. The Morgan fingerprint density at radius 1 is 1.04 bits per heavy atom. The Morgan fingerprint density at radius 2 is 1.85 bits per heavy atom. The van der Waals surface area contributed by atoms with Crippen LogP contribution in [0.5, 0.6) is 11.5 Å². The number of benzene rings is 2. The number of methoxy groups -OCH3 is 2. The van der Waals surface area contributed by atoms with E-state index in [1.165, 1.54) is 0 Å². The molecule has 0 atom stereocenters. The normalized spacial score (nSPS) is 12.7. The number of nitrogens with zero attached hydrogens (tertiary/aromatic N) is 1. The fourth-order valence-corrected chi connectivity index (χ4v) is 3.58. The van der Waals surface area contributed by atoms with Crippen molar-refractivity contribution in [3.05, 3.63) is 59.3 Å². The molecule has 1 amide bonds. The minimum absolute atomic E-state index is 0.117. The van der Waals surface area contributed by atoms with Gasteiger partial charge in [0.05, 0.1) is 25.3 Å². The van der Waals surface area contributed by atoms with Crippen LogP contribution in [0.4, 0.5) is 5.69 Å². The fourth-order valence-electron chi connectivity index (χ4n) is 3.58. The smallest absolute Gasteiger partial charge is 0.256 e. The molecule has 5 nitrogen and oxygen atoms in total. The number of rotatable bonds is 4. The van der Waals surface area contributed by atoms with Crippen LogP contribution in [0.15, 0.2) is 42.5 Å². The van der Waals surface area contributed by atoms with Crippen molar-refractivity contribution in [2.45, 2.75) is 19.3 Å². The first-order valence-corrected chi connectivity index (χ1v) is 8.65. The summed E-state index contributed by atoms with van der Waals surface area (Å²) in [6, 6.07) is 13.2. The third kappa shape index (κ3) is 2.75. The van der Waals surface area contributed by atoms with Crippen molar-refractivity contribution >= 4 is 22.5 Å². The molecule has 3 aromatic rings. The zero-order valence-electron chi connectivity index (χ0n) is 14.8. The quantitative estimate of drug-likeness (QED) is 0.774. The molecule has 0 saturated carbocycles. The number of aromatic nitrogens is 1. The molecule has 0 aliphatic heterocycles. The SMILES string of the molecule is COc1ccc(NC(=O)c2c3c(nc4ccccc24)CCC3)cc1OC. The minimum Gasteiger partial charge on any atom is -0.493 e. The van der Waals surface area contributed by atoms with E-state index in [0.29, 0.717) is 17.2 Å². The van der Waals surface area contributed by atoms with Gasteiger partial charge >= 0.3 is 0 Å². The highest BCUT2D eigenvalue weighted by atomic mass is 16.5. The lowest BCUT2D eigenvalue weighted by atomic mass is 10.0. The molecule has 5 heteroatoms. The number of fused-ring (bicyclic) bond motifs is 2. The topological polar surface area (TPSA) is 60.5 Å². The second kappa shape index (κ2) is 6.67. The molecule has 2 aromatic carbocycles. The van der Waals surface area contributed by atoms with Crippen molar-refractivity contribution in [1.29, 1.82) is 0 Å². The minimum atomic E-state index is -0.117. The number of pyridine rings is 1. The van der Waals surface area contributed by atoms with Gasteiger partial charge < -0.3 is 14.8 Å². The number of amides is 1. The van der Waals surface area contributed by atoms with Gasteiger partial charge in [-0.05, 0) is 43.0 Å². The van der Waals surface area contributed by atoms with Gasteiger partial charge in [0.25, 0.3) is 5.91 Å². The van der Waals surface area contributed by atoms with Gasteiger partial charge in [-0.3, -0.25) is 9.78 Å². The number of carbonyl (C=O) groups excluding carboxylic acids is 1. The van der Waals surface area contributed by atoms with Gasteiger partial charge in [-0.1, -0.05) is 18.2 Å². The maximum Gasteiger partial charge on any atom is 0.256 e. The van der Waals surface area contributed by atoms with Crippen LogP contribution in [0.3, 0.4) is 0 Å². The second-order valence-electron chi connectivity index (χ2n) is 6.31. The highest BCUT2D eigenvalue weighted by molar-refractivity contribution is 6.13. The van der Waals surface area contributed by atoms with Crippen LogP contribution in [-0.4, -0.2) is 25.1 Å². The van der Waals surface area contributed by atoms with Crippen molar-refractivity contribution in [1.82, 2.24) is 4.98 Å². The molecule has 26 heavy (non-hydrogen) atoms. The Hall–Kier alpha value is -3.08. The third-order valence-corrected chi connectivity index (χ3v) is 4.79. The Labute approximate surface area is 152 Å². The molecule has 0 saturated heterocycles. The van der Waals surface area contributed by atoms with E-state index in [-0.39, 0.29) is 5.91 Å². The van der Waals surface area contributed by atoms with Crippen molar-refractivity contribution in [3.8, 4) is 11.5 Å². The third-order valence-electron chi connectivity index (χ3n) is 4.79. The summed E-state index contributed by atoms with van der Waals surface area (Å²) in [5.41, 5.74) is 4.38. The molecular weight excluding hydrogens is 328 g/mol. The molecule has 0 fully saturated rings. The zero-order valence-corrected chi connectivity index (χ0v) is 14.8. The lowest BCUT2D eigenvalue weighted by molar-refractivity contribution is 0.102. The maximum absolute atomic E-state index is 13.1. The largest absolute Gasteiger partial charge is 0.493 e. The summed E-state index contributed by atoms with van der Waals surface area (Å²) in [4.78, 5) is 17.9. The summed E-state index contributed by atoms with van der Waals surface area (Å²) in [7, 11) is 3.16. The van der Waals surface area contributed by atoms with Crippen LogP contribution < -0.4 is 14.8 Å². The van der Waals surface area contributed by atoms with Crippen molar-refractivity contribution in [2.75, 3.05) is 19.5 Å². The molecular formula is C21H20N2O3. The molecule has 0 unspecified atom stereocenters. The van der Waals surface area contributed by atoms with E-state index in [9.17, 15) is 4.79 Å². The van der Waals surface area contributed by atoms with Gasteiger partial charge in [0, 0.05) is 22.8 Å². The van der Waals surface area contributed by atoms with E-state index in [1.54, 1.807) is 26.4 Å². The molecule has 1 aliphatic rings. The van der Waals surface area contributed by atoms with Crippen molar-refractivity contribution in [2.24, 2.45) is 0 Å². The number of carbonyl (C=O) groups is 1. The Balaban J connectivity index is 1.75. The van der Waals surface area contributed by atoms with Crippen LogP contribution in [0, 0.1) is 0 Å². The van der Waals surface area contributed by atoms with Gasteiger partial charge in [0.1, 0.15) is 0 Å². The monoisotopic (exact) mass is 348 g/mol. The van der Waals surface area contributed by atoms with Crippen molar-refractivity contribution in [3.63, 3.8) is 0 Å². The molecule has 0 bridgehead atoms. The Morgan fingerprint density at radius 3 is 2.65 bits per heavy atom. The fraction of sp³-hybridized carbons (Fsp3) is 0.238. The van der Waals surface area contributed by atoms with Gasteiger partial charge in [-0.2, -0.15) is 0 Å². The molecule has 1 aliphatic carbocycles. The van der Waals surface area contributed by atoms with Gasteiger partial charge in [-0.15, -0.1) is 0 Å².